The highest BCUT2D eigenvalue weighted by Crippen LogP contribution is 2.32. The van der Waals surface area contributed by atoms with Gasteiger partial charge < -0.3 is 24.3 Å². The van der Waals surface area contributed by atoms with E-state index in [2.05, 4.69) is 10.1 Å². The number of amides is 1. The van der Waals surface area contributed by atoms with Crippen LogP contribution in [0.5, 0.6) is 23.0 Å². The molecule has 2 aromatic rings. The van der Waals surface area contributed by atoms with Gasteiger partial charge in [-0.15, -0.1) is 0 Å². The molecule has 0 bridgehead atoms. The molecule has 8 heteroatoms. The lowest BCUT2D eigenvalue weighted by Gasteiger charge is -2.10. The van der Waals surface area contributed by atoms with Gasteiger partial charge in [0, 0.05) is 12.6 Å². The van der Waals surface area contributed by atoms with Gasteiger partial charge >= 0.3 is 6.61 Å². The zero-order chi connectivity index (χ0) is 19.2. The monoisotopic (exact) mass is 377 g/mol. The summed E-state index contributed by atoms with van der Waals surface area (Å²) in [5, 5.41) is 2.75. The second-order valence-corrected chi connectivity index (χ2v) is 5.53. The van der Waals surface area contributed by atoms with Gasteiger partial charge in [-0.1, -0.05) is 12.1 Å². The van der Waals surface area contributed by atoms with Crippen molar-refractivity contribution in [1.29, 1.82) is 0 Å². The maximum atomic E-state index is 12.3. The Morgan fingerprint density at radius 2 is 2.00 bits per heavy atom. The topological polar surface area (TPSA) is 66.0 Å². The minimum Gasteiger partial charge on any atom is -0.493 e. The predicted octanol–water partition coefficient (Wildman–Crippen LogP) is 3.35. The molecule has 1 N–H and O–H groups in total. The molecule has 6 nitrogen and oxygen atoms in total. The van der Waals surface area contributed by atoms with Gasteiger partial charge in [0.1, 0.15) is 0 Å². The van der Waals surface area contributed by atoms with E-state index in [1.807, 2.05) is 6.07 Å². The van der Waals surface area contributed by atoms with Gasteiger partial charge in [-0.3, -0.25) is 4.79 Å². The Balaban J connectivity index is 1.58. The van der Waals surface area contributed by atoms with Crippen LogP contribution >= 0.6 is 0 Å². The van der Waals surface area contributed by atoms with Gasteiger partial charge in [-0.05, 0) is 41.5 Å². The molecule has 1 heterocycles. The average molecular weight is 377 g/mol. The normalized spacial score (nSPS) is 12.4. The summed E-state index contributed by atoms with van der Waals surface area (Å²) in [6, 6.07) is 9.83. The number of halogens is 2. The third-order valence-corrected chi connectivity index (χ3v) is 3.73. The summed E-state index contributed by atoms with van der Waals surface area (Å²) >= 11 is 0. The molecule has 1 amide bonds. The van der Waals surface area contributed by atoms with Crippen molar-refractivity contribution in [2.45, 2.75) is 13.2 Å². The minimum absolute atomic E-state index is 0.0723. The Morgan fingerprint density at radius 3 is 2.78 bits per heavy atom. The molecular weight excluding hydrogens is 360 g/mol. The van der Waals surface area contributed by atoms with Crippen LogP contribution < -0.4 is 24.3 Å². The number of fused-ring (bicyclic) bond motifs is 1. The van der Waals surface area contributed by atoms with E-state index in [9.17, 15) is 13.6 Å². The smallest absolute Gasteiger partial charge is 0.387 e. The van der Waals surface area contributed by atoms with E-state index in [4.69, 9.17) is 14.2 Å². The van der Waals surface area contributed by atoms with Crippen molar-refractivity contribution in [3.63, 3.8) is 0 Å². The number of hydrogen-bond donors (Lipinski definition) is 1. The van der Waals surface area contributed by atoms with Crippen LogP contribution in [-0.2, 0) is 11.3 Å². The Hall–Kier alpha value is -3.29. The van der Waals surface area contributed by atoms with E-state index in [0.717, 1.165) is 5.56 Å². The summed E-state index contributed by atoms with van der Waals surface area (Å²) in [6.07, 6.45) is 2.89. The highest BCUT2D eigenvalue weighted by Gasteiger charge is 2.13. The van der Waals surface area contributed by atoms with Crippen LogP contribution in [0.2, 0.25) is 0 Å². The zero-order valence-corrected chi connectivity index (χ0v) is 14.4. The molecule has 0 saturated carbocycles. The Bertz CT molecular complexity index is 854. The number of benzene rings is 2. The van der Waals surface area contributed by atoms with Crippen molar-refractivity contribution < 1.29 is 32.5 Å². The third kappa shape index (κ3) is 4.87. The molecule has 0 radical (unpaired) electrons. The van der Waals surface area contributed by atoms with E-state index >= 15 is 0 Å². The van der Waals surface area contributed by atoms with Crippen LogP contribution in [0.3, 0.4) is 0 Å². The van der Waals surface area contributed by atoms with Crippen molar-refractivity contribution in [1.82, 2.24) is 5.32 Å². The first kappa shape index (κ1) is 18.5. The highest BCUT2D eigenvalue weighted by atomic mass is 19.3. The molecule has 1 aliphatic heterocycles. The SMILES string of the molecule is COc1cc(C=CC(=O)NCc2ccc3c(c2)OCO3)ccc1OC(F)F. The first-order valence-electron chi connectivity index (χ1n) is 8.02. The number of ether oxygens (including phenoxy) is 4. The molecule has 142 valence electrons. The summed E-state index contributed by atoms with van der Waals surface area (Å²) in [5.74, 6) is 1.10. The van der Waals surface area contributed by atoms with Crippen molar-refractivity contribution in [2.24, 2.45) is 0 Å². The fourth-order valence-corrected chi connectivity index (χ4v) is 2.45. The van der Waals surface area contributed by atoms with E-state index in [1.165, 1.54) is 25.3 Å². The van der Waals surface area contributed by atoms with Gasteiger partial charge in [0.15, 0.2) is 23.0 Å². The molecular formula is C19H17F2NO5. The zero-order valence-electron chi connectivity index (χ0n) is 14.4. The lowest BCUT2D eigenvalue weighted by molar-refractivity contribution is -0.116. The number of nitrogens with one attached hydrogen (secondary N) is 1. The Morgan fingerprint density at radius 1 is 1.19 bits per heavy atom. The summed E-state index contributed by atoms with van der Waals surface area (Å²) < 4.78 is 44.6. The van der Waals surface area contributed by atoms with Gasteiger partial charge in [-0.25, -0.2) is 0 Å². The van der Waals surface area contributed by atoms with Crippen LogP contribution in [0.25, 0.3) is 6.08 Å². The second kappa shape index (κ2) is 8.39. The summed E-state index contributed by atoms with van der Waals surface area (Å²) in [5.41, 5.74) is 1.47. The van der Waals surface area contributed by atoms with Crippen molar-refractivity contribution in [3.8, 4) is 23.0 Å². The van der Waals surface area contributed by atoms with Crippen molar-refractivity contribution >= 4 is 12.0 Å². The molecule has 1 aliphatic rings. The Kier molecular flexibility index (Phi) is 5.75. The van der Waals surface area contributed by atoms with Gasteiger partial charge in [-0.2, -0.15) is 8.78 Å². The number of carbonyl (C=O) groups excluding carboxylic acids is 1. The first-order chi connectivity index (χ1) is 13.0. The largest absolute Gasteiger partial charge is 0.493 e. The number of methoxy groups -OCH3 is 1. The first-order valence-corrected chi connectivity index (χ1v) is 8.02. The average Bonchev–Trinajstić information content (AvgIpc) is 3.13. The van der Waals surface area contributed by atoms with E-state index < -0.39 is 6.61 Å². The van der Waals surface area contributed by atoms with Gasteiger partial charge in [0.25, 0.3) is 0 Å². The molecule has 2 aromatic carbocycles. The van der Waals surface area contributed by atoms with Crippen LogP contribution in [-0.4, -0.2) is 26.4 Å². The number of carbonyl (C=O) groups is 1. The quantitative estimate of drug-likeness (QED) is 0.750. The maximum absolute atomic E-state index is 12.3. The summed E-state index contributed by atoms with van der Waals surface area (Å²) in [4.78, 5) is 12.0. The van der Waals surface area contributed by atoms with Gasteiger partial charge in [0.05, 0.1) is 7.11 Å². The number of alkyl halides is 2. The number of hydrogen-bond acceptors (Lipinski definition) is 5. The van der Waals surface area contributed by atoms with Crippen LogP contribution in [0.15, 0.2) is 42.5 Å². The summed E-state index contributed by atoms with van der Waals surface area (Å²) in [7, 11) is 1.35. The molecule has 0 aliphatic carbocycles. The third-order valence-electron chi connectivity index (χ3n) is 3.73. The lowest BCUT2D eigenvalue weighted by atomic mass is 10.2. The molecule has 0 fully saturated rings. The summed E-state index contributed by atoms with van der Waals surface area (Å²) in [6.45, 7) is -2.43. The van der Waals surface area contributed by atoms with Crippen LogP contribution in [0, 0.1) is 0 Å². The van der Waals surface area contributed by atoms with Crippen molar-refractivity contribution in [2.75, 3.05) is 13.9 Å². The van der Waals surface area contributed by atoms with E-state index in [1.54, 1.807) is 24.3 Å². The van der Waals surface area contributed by atoms with Crippen molar-refractivity contribution in [3.05, 3.63) is 53.6 Å². The highest BCUT2D eigenvalue weighted by molar-refractivity contribution is 5.91. The minimum atomic E-state index is -2.94. The molecule has 0 unspecified atom stereocenters. The molecule has 3 rings (SSSR count). The van der Waals surface area contributed by atoms with Gasteiger partial charge in [0.2, 0.25) is 12.7 Å². The van der Waals surface area contributed by atoms with Crippen LogP contribution in [0.4, 0.5) is 8.78 Å². The molecule has 0 aromatic heterocycles. The molecule has 0 spiro atoms. The lowest BCUT2D eigenvalue weighted by Crippen LogP contribution is -2.20. The predicted molar refractivity (Wildman–Crippen MR) is 93.1 cm³/mol. The molecule has 27 heavy (non-hydrogen) atoms. The fourth-order valence-electron chi connectivity index (χ4n) is 2.45. The van der Waals surface area contributed by atoms with E-state index in [0.29, 0.717) is 23.6 Å². The second-order valence-electron chi connectivity index (χ2n) is 5.53. The Labute approximate surface area is 154 Å². The van der Waals surface area contributed by atoms with Crippen LogP contribution in [0.1, 0.15) is 11.1 Å². The maximum Gasteiger partial charge on any atom is 0.387 e. The fraction of sp³-hybridized carbons (Fsp3) is 0.211. The van der Waals surface area contributed by atoms with E-state index in [-0.39, 0.29) is 24.2 Å². The molecule has 0 atom stereocenters. The molecule has 0 saturated heterocycles. The number of rotatable bonds is 7. The standard InChI is InChI=1S/C19H17F2NO5/c1-24-16-8-12(2-6-15(16)27-19(20)21)4-7-18(23)22-10-13-3-5-14-17(9-13)26-11-25-14/h2-9,19H,10-11H2,1H3,(H,22,23).